The van der Waals surface area contributed by atoms with Crippen LogP contribution in [-0.2, 0) is 0 Å². The number of rotatable bonds is 3. The predicted molar refractivity (Wildman–Crippen MR) is 108 cm³/mol. The second-order valence-corrected chi connectivity index (χ2v) is 5.34. The summed E-state index contributed by atoms with van der Waals surface area (Å²) < 4.78 is 0. The van der Waals surface area contributed by atoms with Gasteiger partial charge in [0.15, 0.2) is 5.96 Å². The molecule has 0 radical (unpaired) electrons. The van der Waals surface area contributed by atoms with E-state index in [-0.39, 0.29) is 17.1 Å². The van der Waals surface area contributed by atoms with Gasteiger partial charge in [0, 0.05) is 0 Å². The average Bonchev–Trinajstić information content (AvgIpc) is 2.69. The van der Waals surface area contributed by atoms with Crippen LogP contribution in [0.4, 0.5) is 0 Å². The fourth-order valence-electron chi connectivity index (χ4n) is 2.12. The van der Waals surface area contributed by atoms with E-state index in [0.29, 0.717) is 0 Å². The van der Waals surface area contributed by atoms with Crippen LogP contribution >= 0.6 is 0 Å². The molecule has 7 heteroatoms. The van der Waals surface area contributed by atoms with Gasteiger partial charge in [-0.2, -0.15) is 0 Å². The second-order valence-electron chi connectivity index (χ2n) is 5.34. The number of hydrogen-bond donors (Lipinski definition) is 5. The molecular weight excluding hydrogens is 358 g/mol. The van der Waals surface area contributed by atoms with E-state index in [9.17, 15) is 9.59 Å². The number of carbonyl (C=O) groups is 2. The van der Waals surface area contributed by atoms with Crippen molar-refractivity contribution in [3.8, 4) is 11.1 Å². The van der Waals surface area contributed by atoms with Crippen molar-refractivity contribution in [3.63, 3.8) is 0 Å². The lowest BCUT2D eigenvalue weighted by molar-refractivity contribution is 0.0651. The molecule has 7 nitrogen and oxygen atoms in total. The largest absolute Gasteiger partial charge is 0.478 e. The highest BCUT2D eigenvalue weighted by molar-refractivity contribution is 6.01. The van der Waals surface area contributed by atoms with Crippen LogP contribution in [0, 0.1) is 5.41 Å². The Balaban J connectivity index is 0.000000236. The minimum absolute atomic E-state index is 0.190. The maximum Gasteiger partial charge on any atom is 0.336 e. The molecule has 7 N–H and O–H groups in total. The maximum absolute atomic E-state index is 10.5. The fraction of sp³-hybridized carbons (Fsp3) is 0. The molecule has 0 amide bonds. The van der Waals surface area contributed by atoms with Gasteiger partial charge in [0.25, 0.3) is 0 Å². The van der Waals surface area contributed by atoms with Crippen LogP contribution < -0.4 is 11.5 Å². The fourth-order valence-corrected chi connectivity index (χ4v) is 2.12. The Labute approximate surface area is 162 Å². The molecule has 0 fully saturated rings. The smallest absolute Gasteiger partial charge is 0.336 e. The van der Waals surface area contributed by atoms with Gasteiger partial charge < -0.3 is 21.7 Å². The summed E-state index contributed by atoms with van der Waals surface area (Å²) in [6, 6.07) is 26.3. The third kappa shape index (κ3) is 7.83. The molecule has 0 saturated carbocycles. The van der Waals surface area contributed by atoms with E-state index in [1.54, 1.807) is 0 Å². The van der Waals surface area contributed by atoms with Crippen molar-refractivity contribution in [1.82, 2.24) is 0 Å². The molecule has 0 atom stereocenters. The molecule has 3 rings (SSSR count). The zero-order valence-electron chi connectivity index (χ0n) is 14.9. The van der Waals surface area contributed by atoms with Gasteiger partial charge >= 0.3 is 11.9 Å². The Morgan fingerprint density at radius 2 is 0.857 bits per heavy atom. The normalized spacial score (nSPS) is 9.00. The molecule has 0 aliphatic carbocycles. The Hall–Kier alpha value is -4.13. The van der Waals surface area contributed by atoms with E-state index in [1.165, 1.54) is 35.4 Å². The molecule has 0 aliphatic rings. The lowest BCUT2D eigenvalue weighted by Gasteiger charge is -1.98. The van der Waals surface area contributed by atoms with Gasteiger partial charge in [0.05, 0.1) is 11.1 Å². The van der Waals surface area contributed by atoms with Gasteiger partial charge in [-0.25, -0.2) is 9.59 Å². The Morgan fingerprint density at radius 3 is 1.11 bits per heavy atom. The summed E-state index contributed by atoms with van der Waals surface area (Å²) in [5.74, 6) is -2.79. The van der Waals surface area contributed by atoms with Gasteiger partial charge in [-0.15, -0.1) is 0 Å². The van der Waals surface area contributed by atoms with Crippen LogP contribution in [0.1, 0.15) is 20.7 Å². The summed E-state index contributed by atoms with van der Waals surface area (Å²) in [5, 5.41) is 23.2. The van der Waals surface area contributed by atoms with Crippen molar-refractivity contribution in [2.45, 2.75) is 0 Å². The van der Waals surface area contributed by atoms with Gasteiger partial charge in [-0.1, -0.05) is 72.8 Å². The first-order valence-electron chi connectivity index (χ1n) is 8.08. The van der Waals surface area contributed by atoms with E-state index >= 15 is 0 Å². The highest BCUT2D eigenvalue weighted by Crippen LogP contribution is 2.17. The highest BCUT2D eigenvalue weighted by Gasteiger charge is 2.13. The van der Waals surface area contributed by atoms with Crippen LogP contribution in [0.15, 0.2) is 84.9 Å². The molecule has 0 bridgehead atoms. The van der Waals surface area contributed by atoms with E-state index in [0.717, 1.165) is 0 Å². The van der Waals surface area contributed by atoms with Crippen LogP contribution in [0.5, 0.6) is 0 Å². The van der Waals surface area contributed by atoms with Crippen molar-refractivity contribution >= 4 is 17.9 Å². The average molecular weight is 379 g/mol. The summed E-state index contributed by atoms with van der Waals surface area (Å²) in [6.07, 6.45) is 0. The number of aromatic carboxylic acids is 2. The zero-order chi connectivity index (χ0) is 20.9. The molecule has 0 saturated heterocycles. The molecule has 3 aromatic rings. The summed E-state index contributed by atoms with van der Waals surface area (Å²) in [5.41, 5.74) is 11.1. The molecule has 0 heterocycles. The number of nitrogens with one attached hydrogen (secondary N) is 1. The minimum atomic E-state index is -1.23. The van der Waals surface area contributed by atoms with Crippen molar-refractivity contribution in [3.05, 3.63) is 96.1 Å². The topological polar surface area (TPSA) is 150 Å². The molecule has 0 spiro atoms. The number of nitrogens with two attached hydrogens (primary N) is 2. The second kappa shape index (κ2) is 11.5. The quantitative estimate of drug-likeness (QED) is 0.348. The molecule has 28 heavy (non-hydrogen) atoms. The first-order chi connectivity index (χ1) is 13.3. The molecule has 0 aromatic heterocycles. The number of hydrogen-bond acceptors (Lipinski definition) is 3. The third-order valence-corrected chi connectivity index (χ3v) is 3.27. The maximum atomic E-state index is 10.5. The molecule has 3 aromatic carbocycles. The van der Waals surface area contributed by atoms with Crippen molar-refractivity contribution < 1.29 is 19.8 Å². The summed E-state index contributed by atoms with van der Waals surface area (Å²) >= 11 is 0. The molecule has 0 unspecified atom stereocenters. The van der Waals surface area contributed by atoms with Gasteiger partial charge in [0.1, 0.15) is 0 Å². The number of benzene rings is 3. The Morgan fingerprint density at radius 1 is 0.607 bits per heavy atom. The minimum Gasteiger partial charge on any atom is -0.478 e. The summed E-state index contributed by atoms with van der Waals surface area (Å²) in [4.78, 5) is 20.9. The number of guanidine groups is 1. The lowest BCUT2D eigenvalue weighted by atomic mass is 10.1. The van der Waals surface area contributed by atoms with E-state index in [4.69, 9.17) is 15.6 Å². The van der Waals surface area contributed by atoms with Crippen LogP contribution in [0.3, 0.4) is 0 Å². The van der Waals surface area contributed by atoms with E-state index < -0.39 is 11.9 Å². The van der Waals surface area contributed by atoms with Crippen molar-refractivity contribution in [2.24, 2.45) is 11.5 Å². The van der Waals surface area contributed by atoms with E-state index in [1.807, 2.05) is 12.1 Å². The zero-order valence-corrected chi connectivity index (χ0v) is 14.9. The van der Waals surface area contributed by atoms with Crippen LogP contribution in [0.25, 0.3) is 11.1 Å². The predicted octanol–water partition coefficient (Wildman–Crippen LogP) is 3.28. The highest BCUT2D eigenvalue weighted by atomic mass is 16.4. The monoisotopic (exact) mass is 379 g/mol. The summed E-state index contributed by atoms with van der Waals surface area (Å²) in [7, 11) is 0. The van der Waals surface area contributed by atoms with Crippen LogP contribution in [0.2, 0.25) is 0 Å². The Bertz CT molecular complexity index is 839. The van der Waals surface area contributed by atoms with Crippen LogP contribution in [-0.4, -0.2) is 28.1 Å². The number of carboxylic acid groups (broad SMARTS) is 2. The molecular formula is C21H21N3O4. The molecule has 0 aliphatic heterocycles. The van der Waals surface area contributed by atoms with Crippen molar-refractivity contribution in [1.29, 1.82) is 5.41 Å². The lowest BCUT2D eigenvalue weighted by Crippen LogP contribution is -2.20. The summed E-state index contributed by atoms with van der Waals surface area (Å²) in [6.45, 7) is 0. The van der Waals surface area contributed by atoms with Gasteiger partial charge in [-0.05, 0) is 23.3 Å². The standard InChI is InChI=1S/C12H10.C8H6O4.CH5N3/c1-3-7-11(8-4-1)12-9-5-2-6-10-12;9-7(10)5-3-1-2-4-6(5)8(11)12;2-1(3)4/h1-10H;1-4H,(H,9,10)(H,11,12);(H5,2,3,4). The number of carboxylic acids is 2. The van der Waals surface area contributed by atoms with Crippen molar-refractivity contribution in [2.75, 3.05) is 0 Å². The SMILES string of the molecule is N=C(N)N.O=C(O)c1ccccc1C(=O)O.c1ccc(-c2ccccc2)cc1. The van der Waals surface area contributed by atoms with Gasteiger partial charge in [0.2, 0.25) is 0 Å². The Kier molecular flexibility index (Phi) is 8.98. The van der Waals surface area contributed by atoms with Gasteiger partial charge in [-0.3, -0.25) is 5.41 Å². The first kappa shape index (κ1) is 21.9. The third-order valence-electron chi connectivity index (χ3n) is 3.27. The van der Waals surface area contributed by atoms with E-state index in [2.05, 4.69) is 60.0 Å². The molecule has 144 valence electrons. The first-order valence-corrected chi connectivity index (χ1v) is 8.08.